The maximum atomic E-state index is 11.7. The molecular formula is C12H19N3O2S. The van der Waals surface area contributed by atoms with Crippen LogP contribution in [0.2, 0.25) is 0 Å². The Hall–Kier alpha value is -1.43. The zero-order valence-electron chi connectivity index (χ0n) is 11.0. The average Bonchev–Trinajstić information content (AvgIpc) is 2.33. The van der Waals surface area contributed by atoms with E-state index < -0.39 is 10.8 Å². The highest BCUT2D eigenvalue weighted by Crippen LogP contribution is 2.09. The molecule has 0 aromatic carbocycles. The molecule has 1 unspecified atom stereocenters. The Morgan fingerprint density at radius 1 is 1.50 bits per heavy atom. The second-order valence-corrected chi connectivity index (χ2v) is 5.74. The van der Waals surface area contributed by atoms with Gasteiger partial charge in [0.05, 0.1) is 0 Å². The number of anilines is 1. The van der Waals surface area contributed by atoms with Gasteiger partial charge in [-0.05, 0) is 18.6 Å². The minimum Gasteiger partial charge on any atom is -0.385 e. The van der Waals surface area contributed by atoms with Crippen molar-refractivity contribution >= 4 is 22.4 Å². The standard InChI is InChI=1S/C12H19N3O2S/c1-15(2)12(16)11-9-10(5-7-14-11)13-6-4-8-18(3)17/h5,7,9H,4,6,8H2,1-3H3,(H,13,14). The molecule has 0 aliphatic carbocycles. The van der Waals surface area contributed by atoms with Crippen molar-refractivity contribution in [1.29, 1.82) is 0 Å². The van der Waals surface area contributed by atoms with Gasteiger partial charge in [0.25, 0.3) is 5.91 Å². The van der Waals surface area contributed by atoms with E-state index in [2.05, 4.69) is 10.3 Å². The molecule has 1 amide bonds. The van der Waals surface area contributed by atoms with Gasteiger partial charge in [0, 0.05) is 55.3 Å². The van der Waals surface area contributed by atoms with E-state index in [9.17, 15) is 9.00 Å². The maximum absolute atomic E-state index is 11.7. The molecule has 1 rings (SSSR count). The molecule has 5 nitrogen and oxygen atoms in total. The van der Waals surface area contributed by atoms with Crippen LogP contribution in [0.25, 0.3) is 0 Å². The summed E-state index contributed by atoms with van der Waals surface area (Å²) in [4.78, 5) is 17.2. The van der Waals surface area contributed by atoms with Crippen LogP contribution in [-0.2, 0) is 10.8 Å². The molecule has 0 saturated carbocycles. The van der Waals surface area contributed by atoms with E-state index in [1.165, 1.54) is 4.90 Å². The first-order valence-electron chi connectivity index (χ1n) is 5.72. The van der Waals surface area contributed by atoms with Crippen LogP contribution in [0.1, 0.15) is 16.9 Å². The summed E-state index contributed by atoms with van der Waals surface area (Å²) in [7, 11) is 2.64. The molecule has 1 aromatic rings. The first-order chi connectivity index (χ1) is 8.50. The lowest BCUT2D eigenvalue weighted by Gasteiger charge is -2.11. The average molecular weight is 269 g/mol. The van der Waals surface area contributed by atoms with Crippen LogP contribution in [0.4, 0.5) is 5.69 Å². The molecule has 0 radical (unpaired) electrons. The molecule has 1 aromatic heterocycles. The summed E-state index contributed by atoms with van der Waals surface area (Å²) < 4.78 is 10.9. The normalized spacial score (nSPS) is 11.9. The topological polar surface area (TPSA) is 62.3 Å². The Balaban J connectivity index is 2.54. The van der Waals surface area contributed by atoms with E-state index in [1.807, 2.05) is 6.07 Å². The number of rotatable bonds is 6. The zero-order chi connectivity index (χ0) is 13.5. The minimum atomic E-state index is -0.754. The van der Waals surface area contributed by atoms with Crippen LogP contribution in [0.3, 0.4) is 0 Å². The van der Waals surface area contributed by atoms with Crippen molar-refractivity contribution in [3.05, 3.63) is 24.0 Å². The number of amides is 1. The van der Waals surface area contributed by atoms with Crippen molar-refractivity contribution in [2.24, 2.45) is 0 Å². The van der Waals surface area contributed by atoms with Crippen molar-refractivity contribution in [1.82, 2.24) is 9.88 Å². The van der Waals surface area contributed by atoms with Gasteiger partial charge in [-0.3, -0.25) is 14.0 Å². The molecule has 18 heavy (non-hydrogen) atoms. The second-order valence-electron chi connectivity index (χ2n) is 4.19. The van der Waals surface area contributed by atoms with Gasteiger partial charge in [0.2, 0.25) is 0 Å². The molecule has 0 aliphatic rings. The number of carbonyl (C=O) groups excluding carboxylic acids is 1. The van der Waals surface area contributed by atoms with E-state index in [0.717, 1.165) is 18.7 Å². The third-order valence-corrected chi connectivity index (χ3v) is 3.19. The Kier molecular flexibility index (Phi) is 5.77. The summed E-state index contributed by atoms with van der Waals surface area (Å²) in [5.41, 5.74) is 1.28. The summed E-state index contributed by atoms with van der Waals surface area (Å²) in [6.07, 6.45) is 4.14. The lowest BCUT2D eigenvalue weighted by atomic mass is 10.3. The van der Waals surface area contributed by atoms with Crippen molar-refractivity contribution in [2.45, 2.75) is 6.42 Å². The van der Waals surface area contributed by atoms with Gasteiger partial charge in [-0.2, -0.15) is 0 Å². The fraction of sp³-hybridized carbons (Fsp3) is 0.500. The Morgan fingerprint density at radius 3 is 2.83 bits per heavy atom. The smallest absolute Gasteiger partial charge is 0.272 e. The molecule has 0 bridgehead atoms. The first-order valence-corrected chi connectivity index (χ1v) is 7.45. The van der Waals surface area contributed by atoms with Crippen LogP contribution in [0.5, 0.6) is 0 Å². The van der Waals surface area contributed by atoms with Crippen molar-refractivity contribution in [3.63, 3.8) is 0 Å². The molecule has 1 N–H and O–H groups in total. The summed E-state index contributed by atoms with van der Waals surface area (Å²) in [6, 6.07) is 3.54. The highest BCUT2D eigenvalue weighted by atomic mass is 32.2. The van der Waals surface area contributed by atoms with Gasteiger partial charge in [-0.25, -0.2) is 0 Å². The molecule has 100 valence electrons. The van der Waals surface area contributed by atoms with Crippen LogP contribution < -0.4 is 5.32 Å². The van der Waals surface area contributed by atoms with E-state index >= 15 is 0 Å². The van der Waals surface area contributed by atoms with E-state index in [-0.39, 0.29) is 5.91 Å². The monoisotopic (exact) mass is 269 g/mol. The van der Waals surface area contributed by atoms with E-state index in [0.29, 0.717) is 11.4 Å². The van der Waals surface area contributed by atoms with Crippen LogP contribution >= 0.6 is 0 Å². The summed E-state index contributed by atoms with van der Waals surface area (Å²) in [6.45, 7) is 0.735. The first kappa shape index (κ1) is 14.6. The third kappa shape index (κ3) is 4.83. The van der Waals surface area contributed by atoms with Crippen LogP contribution in [-0.4, -0.2) is 52.6 Å². The minimum absolute atomic E-state index is 0.117. The summed E-state index contributed by atoms with van der Waals surface area (Å²) in [5.74, 6) is 0.565. The van der Waals surface area contributed by atoms with Crippen molar-refractivity contribution in [3.8, 4) is 0 Å². The van der Waals surface area contributed by atoms with E-state index in [1.54, 1.807) is 32.6 Å². The van der Waals surface area contributed by atoms with E-state index in [4.69, 9.17) is 0 Å². The Morgan fingerprint density at radius 2 is 2.22 bits per heavy atom. The summed E-state index contributed by atoms with van der Waals surface area (Å²) in [5, 5.41) is 3.19. The number of carbonyl (C=O) groups is 1. The third-order valence-electron chi connectivity index (χ3n) is 2.32. The molecule has 1 heterocycles. The van der Waals surface area contributed by atoms with Gasteiger partial charge in [0.1, 0.15) is 5.69 Å². The largest absolute Gasteiger partial charge is 0.385 e. The number of nitrogens with zero attached hydrogens (tertiary/aromatic N) is 2. The number of aromatic nitrogens is 1. The second kappa shape index (κ2) is 7.10. The molecule has 6 heteroatoms. The quantitative estimate of drug-likeness (QED) is 0.782. The predicted octanol–water partition coefficient (Wildman–Crippen LogP) is 0.964. The lowest BCUT2D eigenvalue weighted by molar-refractivity contribution is 0.0822. The van der Waals surface area contributed by atoms with Gasteiger partial charge in [0.15, 0.2) is 0 Å². The fourth-order valence-corrected chi connectivity index (χ4v) is 1.95. The number of hydrogen-bond acceptors (Lipinski definition) is 4. The molecule has 0 spiro atoms. The molecular weight excluding hydrogens is 250 g/mol. The Bertz CT molecular complexity index is 435. The van der Waals surface area contributed by atoms with Crippen LogP contribution in [0.15, 0.2) is 18.3 Å². The van der Waals surface area contributed by atoms with Gasteiger partial charge in [-0.1, -0.05) is 0 Å². The Labute approximate surface area is 110 Å². The molecule has 0 saturated heterocycles. The summed E-state index contributed by atoms with van der Waals surface area (Å²) >= 11 is 0. The number of nitrogens with one attached hydrogen (secondary N) is 1. The SMILES string of the molecule is CN(C)C(=O)c1cc(NCCCS(C)=O)ccn1. The highest BCUT2D eigenvalue weighted by molar-refractivity contribution is 7.84. The predicted molar refractivity (Wildman–Crippen MR) is 74.3 cm³/mol. The fourth-order valence-electron chi connectivity index (χ4n) is 1.39. The van der Waals surface area contributed by atoms with Crippen molar-refractivity contribution in [2.75, 3.05) is 38.0 Å². The lowest BCUT2D eigenvalue weighted by Crippen LogP contribution is -2.22. The zero-order valence-corrected chi connectivity index (χ0v) is 11.8. The molecule has 0 aliphatic heterocycles. The van der Waals surface area contributed by atoms with Crippen molar-refractivity contribution < 1.29 is 9.00 Å². The number of pyridine rings is 1. The van der Waals surface area contributed by atoms with Gasteiger partial charge in [-0.15, -0.1) is 0 Å². The van der Waals surface area contributed by atoms with Gasteiger partial charge >= 0.3 is 0 Å². The highest BCUT2D eigenvalue weighted by Gasteiger charge is 2.09. The maximum Gasteiger partial charge on any atom is 0.272 e. The molecule has 0 fully saturated rings. The number of hydrogen-bond donors (Lipinski definition) is 1. The molecule has 1 atom stereocenters. The van der Waals surface area contributed by atoms with Crippen LogP contribution in [0, 0.1) is 0 Å². The van der Waals surface area contributed by atoms with Gasteiger partial charge < -0.3 is 10.2 Å².